The van der Waals surface area contributed by atoms with E-state index in [9.17, 15) is 0 Å². The first-order valence-electron chi connectivity index (χ1n) is 5.26. The monoisotopic (exact) mass is 209 g/mol. The minimum atomic E-state index is 0.0134. The Labute approximate surface area is 90.7 Å². The van der Waals surface area contributed by atoms with Crippen molar-refractivity contribution >= 4 is 5.82 Å². The summed E-state index contributed by atoms with van der Waals surface area (Å²) in [5, 5.41) is 8.88. The van der Waals surface area contributed by atoms with Crippen LogP contribution in [0.25, 0.3) is 0 Å². The number of likely N-dealkylation sites (N-methyl/N-ethyl adjacent to an activating group) is 1. The lowest BCUT2D eigenvalue weighted by molar-refractivity contribution is 0.302. The van der Waals surface area contributed by atoms with Crippen LogP contribution in [0.1, 0.15) is 25.5 Å². The molecule has 84 valence electrons. The van der Waals surface area contributed by atoms with Gasteiger partial charge in [0.05, 0.1) is 6.61 Å². The van der Waals surface area contributed by atoms with Crippen LogP contribution in [0.2, 0.25) is 0 Å². The van der Waals surface area contributed by atoms with E-state index in [-0.39, 0.29) is 12.6 Å². The fraction of sp³-hybridized carbons (Fsp3) is 0.545. The summed E-state index contributed by atoms with van der Waals surface area (Å²) < 4.78 is 0. The van der Waals surface area contributed by atoms with Crippen LogP contribution in [0.15, 0.2) is 18.3 Å². The number of anilines is 1. The molecule has 0 bridgehead atoms. The summed E-state index contributed by atoms with van der Waals surface area (Å²) in [5.41, 5.74) is 6.76. The molecule has 0 amide bonds. The minimum Gasteiger partial charge on any atom is -0.395 e. The molecule has 1 heterocycles. The molecule has 1 rings (SSSR count). The van der Waals surface area contributed by atoms with Crippen LogP contribution >= 0.6 is 0 Å². The molecule has 0 radical (unpaired) electrons. The van der Waals surface area contributed by atoms with E-state index in [1.165, 1.54) is 0 Å². The zero-order chi connectivity index (χ0) is 11.3. The van der Waals surface area contributed by atoms with Crippen LogP contribution in [0.4, 0.5) is 5.82 Å². The molecule has 0 spiro atoms. The normalized spacial score (nSPS) is 12.5. The highest BCUT2D eigenvalue weighted by Gasteiger charge is 2.05. The van der Waals surface area contributed by atoms with E-state index < -0.39 is 0 Å². The van der Waals surface area contributed by atoms with Gasteiger partial charge in [0.25, 0.3) is 0 Å². The summed E-state index contributed by atoms with van der Waals surface area (Å²) in [6, 6.07) is 3.93. The molecule has 0 saturated carbocycles. The number of hydrogen-bond donors (Lipinski definition) is 2. The fourth-order valence-electron chi connectivity index (χ4n) is 1.41. The summed E-state index contributed by atoms with van der Waals surface area (Å²) in [6.07, 6.45) is 1.79. The third kappa shape index (κ3) is 3.18. The number of nitrogens with two attached hydrogens (primary N) is 1. The van der Waals surface area contributed by atoms with E-state index in [1.807, 2.05) is 30.9 Å². The van der Waals surface area contributed by atoms with Gasteiger partial charge in [-0.25, -0.2) is 4.98 Å². The fourth-order valence-corrected chi connectivity index (χ4v) is 1.41. The smallest absolute Gasteiger partial charge is 0.128 e. The molecule has 3 N–H and O–H groups in total. The summed E-state index contributed by atoms with van der Waals surface area (Å²) in [7, 11) is 0. The molecule has 0 aliphatic rings. The quantitative estimate of drug-likeness (QED) is 0.757. The van der Waals surface area contributed by atoms with Crippen LogP contribution in [-0.2, 0) is 0 Å². The van der Waals surface area contributed by atoms with Gasteiger partial charge in [-0.15, -0.1) is 0 Å². The van der Waals surface area contributed by atoms with Gasteiger partial charge in [0.2, 0.25) is 0 Å². The van der Waals surface area contributed by atoms with E-state index in [0.29, 0.717) is 6.54 Å². The van der Waals surface area contributed by atoms with Gasteiger partial charge in [0.15, 0.2) is 0 Å². The minimum absolute atomic E-state index is 0.0134. The molecule has 0 saturated heterocycles. The third-order valence-corrected chi connectivity index (χ3v) is 2.37. The Balaban J connectivity index is 2.77. The number of aromatic nitrogens is 1. The molecule has 4 heteroatoms. The van der Waals surface area contributed by atoms with Crippen LogP contribution in [0.5, 0.6) is 0 Å². The van der Waals surface area contributed by atoms with Gasteiger partial charge in [-0.3, -0.25) is 0 Å². The van der Waals surface area contributed by atoms with Gasteiger partial charge >= 0.3 is 0 Å². The number of aliphatic hydroxyl groups excluding tert-OH is 1. The maximum Gasteiger partial charge on any atom is 0.128 e. The topological polar surface area (TPSA) is 62.4 Å². The zero-order valence-electron chi connectivity index (χ0n) is 9.35. The number of aliphatic hydroxyl groups is 1. The lowest BCUT2D eigenvalue weighted by atomic mass is 10.1. The largest absolute Gasteiger partial charge is 0.395 e. The van der Waals surface area contributed by atoms with Crippen molar-refractivity contribution in [1.82, 2.24) is 4.98 Å². The molecular formula is C11H19N3O. The van der Waals surface area contributed by atoms with E-state index in [4.69, 9.17) is 10.8 Å². The van der Waals surface area contributed by atoms with Crippen molar-refractivity contribution in [1.29, 1.82) is 0 Å². The number of hydrogen-bond acceptors (Lipinski definition) is 4. The van der Waals surface area contributed by atoms with Crippen molar-refractivity contribution in [3.63, 3.8) is 0 Å². The lowest BCUT2D eigenvalue weighted by Crippen LogP contribution is -2.27. The Morgan fingerprint density at radius 2 is 2.27 bits per heavy atom. The van der Waals surface area contributed by atoms with Gasteiger partial charge < -0.3 is 15.7 Å². The van der Waals surface area contributed by atoms with Gasteiger partial charge in [-0.2, -0.15) is 0 Å². The maximum atomic E-state index is 8.88. The molecule has 0 aliphatic heterocycles. The van der Waals surface area contributed by atoms with E-state index in [0.717, 1.165) is 17.9 Å². The van der Waals surface area contributed by atoms with Crippen molar-refractivity contribution in [2.45, 2.75) is 19.9 Å². The summed E-state index contributed by atoms with van der Waals surface area (Å²) in [6.45, 7) is 5.56. The first kappa shape index (κ1) is 11.9. The van der Waals surface area contributed by atoms with Crippen LogP contribution in [0, 0.1) is 0 Å². The van der Waals surface area contributed by atoms with Crippen molar-refractivity contribution in [3.05, 3.63) is 23.9 Å². The molecule has 1 atom stereocenters. The molecule has 0 aliphatic carbocycles. The third-order valence-electron chi connectivity index (χ3n) is 2.37. The molecule has 0 fully saturated rings. The van der Waals surface area contributed by atoms with Crippen LogP contribution in [-0.4, -0.2) is 29.8 Å². The summed E-state index contributed by atoms with van der Waals surface area (Å²) >= 11 is 0. The van der Waals surface area contributed by atoms with E-state index >= 15 is 0 Å². The van der Waals surface area contributed by atoms with Gasteiger partial charge in [0.1, 0.15) is 5.82 Å². The second-order valence-electron chi connectivity index (χ2n) is 3.54. The van der Waals surface area contributed by atoms with Crippen molar-refractivity contribution < 1.29 is 5.11 Å². The van der Waals surface area contributed by atoms with E-state index in [1.54, 1.807) is 6.20 Å². The SMILES string of the molecule is CCN(CCO)c1ccc([C@H](C)N)cn1. The van der Waals surface area contributed by atoms with Gasteiger partial charge in [-0.05, 0) is 25.5 Å². The second kappa shape index (κ2) is 5.68. The maximum absolute atomic E-state index is 8.88. The lowest BCUT2D eigenvalue weighted by Gasteiger charge is -2.21. The van der Waals surface area contributed by atoms with Crippen molar-refractivity contribution in [2.24, 2.45) is 5.73 Å². The zero-order valence-corrected chi connectivity index (χ0v) is 9.35. The first-order valence-corrected chi connectivity index (χ1v) is 5.26. The number of pyridine rings is 1. The molecule has 1 aromatic heterocycles. The Morgan fingerprint density at radius 3 is 2.67 bits per heavy atom. The number of rotatable bonds is 5. The predicted molar refractivity (Wildman–Crippen MR) is 61.8 cm³/mol. The molecule has 0 aromatic carbocycles. The Hall–Kier alpha value is -1.13. The standard InChI is InChI=1S/C11H19N3O/c1-3-14(6-7-15)11-5-4-10(8-13-11)9(2)12/h4-5,8-9,15H,3,6-7,12H2,1-2H3/t9-/m0/s1. The molecular weight excluding hydrogens is 190 g/mol. The summed E-state index contributed by atoms with van der Waals surface area (Å²) in [5.74, 6) is 0.885. The number of nitrogens with zero attached hydrogens (tertiary/aromatic N) is 2. The highest BCUT2D eigenvalue weighted by Crippen LogP contribution is 2.14. The van der Waals surface area contributed by atoms with Gasteiger partial charge in [-0.1, -0.05) is 6.07 Å². The Morgan fingerprint density at radius 1 is 1.53 bits per heavy atom. The van der Waals surface area contributed by atoms with Crippen LogP contribution < -0.4 is 10.6 Å². The second-order valence-corrected chi connectivity index (χ2v) is 3.54. The van der Waals surface area contributed by atoms with Crippen LogP contribution in [0.3, 0.4) is 0 Å². The first-order chi connectivity index (χ1) is 7.19. The molecule has 4 nitrogen and oxygen atoms in total. The molecule has 1 aromatic rings. The molecule has 15 heavy (non-hydrogen) atoms. The van der Waals surface area contributed by atoms with Gasteiger partial charge in [0, 0.05) is 25.3 Å². The highest BCUT2D eigenvalue weighted by molar-refractivity contribution is 5.39. The predicted octanol–water partition coefficient (Wildman–Crippen LogP) is 0.920. The summed E-state index contributed by atoms with van der Waals surface area (Å²) in [4.78, 5) is 6.34. The highest BCUT2D eigenvalue weighted by atomic mass is 16.3. The average molecular weight is 209 g/mol. The van der Waals surface area contributed by atoms with Crippen molar-refractivity contribution in [2.75, 3.05) is 24.6 Å². The Kier molecular flexibility index (Phi) is 4.52. The van der Waals surface area contributed by atoms with E-state index in [2.05, 4.69) is 4.98 Å². The van der Waals surface area contributed by atoms with Crippen molar-refractivity contribution in [3.8, 4) is 0 Å². The molecule has 0 unspecified atom stereocenters. The Bertz CT molecular complexity index is 284. The average Bonchev–Trinajstić information content (AvgIpc) is 2.26.